The monoisotopic (exact) mass is 251 g/mol. The van der Waals surface area contributed by atoms with E-state index in [2.05, 4.69) is 4.99 Å². The van der Waals surface area contributed by atoms with Gasteiger partial charge in [-0.15, -0.1) is 0 Å². The fraction of sp³-hybridized carbons (Fsp3) is 0.462. The average molecular weight is 251 g/mol. The Balaban J connectivity index is 2.57. The van der Waals surface area contributed by atoms with Crippen molar-refractivity contribution in [3.63, 3.8) is 0 Å². The summed E-state index contributed by atoms with van der Waals surface area (Å²) < 4.78 is 18.3. The maximum atomic E-state index is 13.4. The molecule has 1 saturated carbocycles. The molecule has 0 spiro atoms. The number of nitrogens with zero attached hydrogens (tertiary/aromatic N) is 1. The second kappa shape index (κ2) is 4.78. The normalized spacial score (nSPS) is 17.2. The Bertz CT molecular complexity index is 503. The Labute approximate surface area is 104 Å². The molecule has 1 aromatic rings. The first-order valence-corrected chi connectivity index (χ1v) is 5.79. The average Bonchev–Trinajstić information content (AvgIpc) is 2.79. The van der Waals surface area contributed by atoms with Gasteiger partial charge in [0.1, 0.15) is 11.3 Å². The zero-order valence-electron chi connectivity index (χ0n) is 10.1. The van der Waals surface area contributed by atoms with Crippen LogP contribution in [0.5, 0.6) is 11.5 Å². The van der Waals surface area contributed by atoms with E-state index in [4.69, 9.17) is 4.74 Å². The largest absolute Gasteiger partial charge is 0.507 e. The van der Waals surface area contributed by atoms with Crippen LogP contribution in [0.1, 0.15) is 31.2 Å². The summed E-state index contributed by atoms with van der Waals surface area (Å²) in [5.41, 5.74) is -0.353. The Morgan fingerprint density at radius 1 is 1.44 bits per heavy atom. The van der Waals surface area contributed by atoms with Crippen LogP contribution >= 0.6 is 0 Å². The van der Waals surface area contributed by atoms with Gasteiger partial charge in [0.05, 0.1) is 7.11 Å². The number of halogens is 1. The van der Waals surface area contributed by atoms with E-state index in [9.17, 15) is 14.3 Å². The molecule has 4 nitrogen and oxygen atoms in total. The van der Waals surface area contributed by atoms with Crippen molar-refractivity contribution in [3.05, 3.63) is 23.5 Å². The van der Waals surface area contributed by atoms with E-state index in [0.29, 0.717) is 18.4 Å². The number of carbonyl (C=O) groups excluding carboxylic acids is 1. The number of aliphatic imine (C=N–C) groups is 1. The first-order valence-electron chi connectivity index (χ1n) is 5.79. The number of hydrogen-bond donors (Lipinski definition) is 1. The van der Waals surface area contributed by atoms with Crippen LogP contribution in [-0.2, 0) is 10.3 Å². The highest BCUT2D eigenvalue weighted by atomic mass is 19.1. The van der Waals surface area contributed by atoms with Crippen molar-refractivity contribution in [2.24, 2.45) is 4.99 Å². The van der Waals surface area contributed by atoms with Crippen molar-refractivity contribution in [1.82, 2.24) is 0 Å². The molecule has 5 heteroatoms. The SMILES string of the molecule is COc1cc(C2(N=C=O)CCCC2)c(O)cc1F. The van der Waals surface area contributed by atoms with Gasteiger partial charge in [-0.1, -0.05) is 12.8 Å². The molecule has 0 aromatic heterocycles. The Hall–Kier alpha value is -1.87. The highest BCUT2D eigenvalue weighted by Gasteiger charge is 2.38. The molecule has 1 fully saturated rings. The number of aromatic hydroxyl groups is 1. The van der Waals surface area contributed by atoms with Crippen LogP contribution in [0.4, 0.5) is 4.39 Å². The molecule has 0 amide bonds. The summed E-state index contributed by atoms with van der Waals surface area (Å²) in [4.78, 5) is 14.4. The summed E-state index contributed by atoms with van der Waals surface area (Å²) in [5.74, 6) is -0.800. The molecule has 1 N–H and O–H groups in total. The number of rotatable bonds is 3. The second-order valence-electron chi connectivity index (χ2n) is 4.45. The lowest BCUT2D eigenvalue weighted by atomic mass is 9.88. The van der Waals surface area contributed by atoms with Crippen molar-refractivity contribution in [3.8, 4) is 11.5 Å². The maximum Gasteiger partial charge on any atom is 0.235 e. The molecule has 0 aliphatic heterocycles. The van der Waals surface area contributed by atoms with E-state index in [-0.39, 0.29) is 11.5 Å². The van der Waals surface area contributed by atoms with Gasteiger partial charge in [-0.25, -0.2) is 9.18 Å². The molecule has 0 radical (unpaired) electrons. The van der Waals surface area contributed by atoms with Gasteiger partial charge in [-0.05, 0) is 18.9 Å². The number of phenols is 1. The second-order valence-corrected chi connectivity index (χ2v) is 4.45. The van der Waals surface area contributed by atoms with Crippen LogP contribution in [-0.4, -0.2) is 18.3 Å². The van der Waals surface area contributed by atoms with Crippen LogP contribution in [0, 0.1) is 5.82 Å². The van der Waals surface area contributed by atoms with Gasteiger partial charge in [0.15, 0.2) is 11.6 Å². The molecular weight excluding hydrogens is 237 g/mol. The molecule has 18 heavy (non-hydrogen) atoms. The predicted molar refractivity (Wildman–Crippen MR) is 62.9 cm³/mol. The Kier molecular flexibility index (Phi) is 3.34. The first-order chi connectivity index (χ1) is 8.63. The highest BCUT2D eigenvalue weighted by molar-refractivity contribution is 5.48. The molecule has 0 heterocycles. The van der Waals surface area contributed by atoms with Crippen molar-refractivity contribution < 1.29 is 19.0 Å². The number of benzene rings is 1. The number of isocyanates is 1. The Morgan fingerprint density at radius 3 is 2.67 bits per heavy atom. The third-order valence-electron chi connectivity index (χ3n) is 3.46. The van der Waals surface area contributed by atoms with Crippen molar-refractivity contribution in [2.45, 2.75) is 31.2 Å². The third kappa shape index (κ3) is 1.97. The minimum atomic E-state index is -0.785. The summed E-state index contributed by atoms with van der Waals surface area (Å²) in [6.45, 7) is 0. The molecule has 0 unspecified atom stereocenters. The van der Waals surface area contributed by atoms with Gasteiger partial charge >= 0.3 is 0 Å². The predicted octanol–water partition coefficient (Wildman–Crippen LogP) is 2.65. The molecule has 96 valence electrons. The van der Waals surface area contributed by atoms with Crippen LogP contribution in [0.25, 0.3) is 0 Å². The smallest absolute Gasteiger partial charge is 0.235 e. The molecule has 0 saturated heterocycles. The molecule has 2 rings (SSSR count). The summed E-state index contributed by atoms with van der Waals surface area (Å²) in [6.07, 6.45) is 4.66. The fourth-order valence-corrected chi connectivity index (χ4v) is 2.56. The first kappa shape index (κ1) is 12.6. The summed E-state index contributed by atoms with van der Waals surface area (Å²) >= 11 is 0. The van der Waals surface area contributed by atoms with Gasteiger partial charge in [0, 0.05) is 11.6 Å². The Morgan fingerprint density at radius 2 is 2.11 bits per heavy atom. The van der Waals surface area contributed by atoms with E-state index in [0.717, 1.165) is 18.9 Å². The summed E-state index contributed by atoms with van der Waals surface area (Å²) in [6, 6.07) is 2.41. The quantitative estimate of drug-likeness (QED) is 0.663. The van der Waals surface area contributed by atoms with Crippen LogP contribution < -0.4 is 4.74 Å². The van der Waals surface area contributed by atoms with Gasteiger partial charge in [-0.2, -0.15) is 4.99 Å². The third-order valence-corrected chi connectivity index (χ3v) is 3.46. The number of phenolic OH excluding ortho intramolecular Hbond substituents is 1. The highest BCUT2D eigenvalue weighted by Crippen LogP contribution is 2.46. The molecular formula is C13H14FNO3. The lowest BCUT2D eigenvalue weighted by molar-refractivity contribution is 0.369. The molecule has 1 aliphatic rings. The van der Waals surface area contributed by atoms with E-state index in [1.165, 1.54) is 13.2 Å². The summed E-state index contributed by atoms with van der Waals surface area (Å²) in [7, 11) is 1.35. The number of hydrogen-bond acceptors (Lipinski definition) is 4. The zero-order chi connectivity index (χ0) is 13.2. The fourth-order valence-electron chi connectivity index (χ4n) is 2.56. The van der Waals surface area contributed by atoms with Crippen LogP contribution in [0.3, 0.4) is 0 Å². The topological polar surface area (TPSA) is 58.9 Å². The van der Waals surface area contributed by atoms with Crippen molar-refractivity contribution >= 4 is 6.08 Å². The standard InChI is InChI=1S/C13H14FNO3/c1-18-12-6-9(11(17)7-10(12)14)13(15-8-16)4-2-3-5-13/h6-7,17H,2-5H2,1H3. The van der Waals surface area contributed by atoms with E-state index < -0.39 is 11.4 Å². The van der Waals surface area contributed by atoms with E-state index >= 15 is 0 Å². The lowest BCUT2D eigenvalue weighted by Gasteiger charge is -2.24. The van der Waals surface area contributed by atoms with Gasteiger partial charge < -0.3 is 9.84 Å². The summed E-state index contributed by atoms with van der Waals surface area (Å²) in [5, 5.41) is 9.88. The van der Waals surface area contributed by atoms with Crippen LogP contribution in [0.2, 0.25) is 0 Å². The van der Waals surface area contributed by atoms with E-state index in [1.54, 1.807) is 6.08 Å². The maximum absolute atomic E-state index is 13.4. The minimum Gasteiger partial charge on any atom is -0.507 e. The van der Waals surface area contributed by atoms with Gasteiger partial charge in [0.25, 0.3) is 0 Å². The van der Waals surface area contributed by atoms with Crippen molar-refractivity contribution in [1.29, 1.82) is 0 Å². The minimum absolute atomic E-state index is 0.0372. The molecule has 0 bridgehead atoms. The number of ether oxygens (including phenoxy) is 1. The van der Waals surface area contributed by atoms with Crippen molar-refractivity contribution in [2.75, 3.05) is 7.11 Å². The zero-order valence-corrected chi connectivity index (χ0v) is 10.1. The van der Waals surface area contributed by atoms with Crippen LogP contribution in [0.15, 0.2) is 17.1 Å². The molecule has 1 aromatic carbocycles. The number of methoxy groups -OCH3 is 1. The molecule has 0 atom stereocenters. The van der Waals surface area contributed by atoms with Gasteiger partial charge in [0.2, 0.25) is 6.08 Å². The van der Waals surface area contributed by atoms with Gasteiger partial charge in [-0.3, -0.25) is 0 Å². The lowest BCUT2D eigenvalue weighted by Crippen LogP contribution is -2.19. The molecule has 1 aliphatic carbocycles. The van der Waals surface area contributed by atoms with E-state index in [1.807, 2.05) is 0 Å².